The largest absolute Gasteiger partial charge is 0.478 e. The molecule has 1 fully saturated rings. The van der Waals surface area contributed by atoms with Gasteiger partial charge in [0, 0.05) is 23.5 Å². The van der Waals surface area contributed by atoms with E-state index in [1.807, 2.05) is 0 Å². The Balaban J connectivity index is 1.38. The Bertz CT molecular complexity index is 1110. The minimum atomic E-state index is -1.37. The van der Waals surface area contributed by atoms with Crippen molar-refractivity contribution in [3.8, 4) is 11.5 Å². The number of rotatable bonds is 10. The predicted molar refractivity (Wildman–Crippen MR) is 148 cm³/mol. The summed E-state index contributed by atoms with van der Waals surface area (Å²) in [5, 5.41) is 29.7. The van der Waals surface area contributed by atoms with Crippen LogP contribution in [0.1, 0.15) is 53.4 Å². The lowest BCUT2D eigenvalue weighted by Crippen LogP contribution is -2.45. The molecule has 1 aliphatic rings. The van der Waals surface area contributed by atoms with Gasteiger partial charge in [0.1, 0.15) is 11.5 Å². The first-order chi connectivity index (χ1) is 18.7. The molecule has 0 spiro atoms. The summed E-state index contributed by atoms with van der Waals surface area (Å²) < 4.78 is 10.9. The van der Waals surface area contributed by atoms with Crippen molar-refractivity contribution in [3.05, 3.63) is 48.5 Å². The highest BCUT2D eigenvalue weighted by atomic mass is 16.5. The van der Waals surface area contributed by atoms with Crippen LogP contribution in [0.4, 0.5) is 21.0 Å². The van der Waals surface area contributed by atoms with Gasteiger partial charge in [-0.05, 0) is 102 Å². The van der Waals surface area contributed by atoms with E-state index in [0.29, 0.717) is 48.6 Å². The molecule has 12 heteroatoms. The number of aliphatic carboxylic acids is 2. The summed E-state index contributed by atoms with van der Waals surface area (Å²) in [6.45, 7) is 5.81. The summed E-state index contributed by atoms with van der Waals surface area (Å²) in [5.41, 5.74) is -1.67. The number of urea groups is 2. The summed E-state index contributed by atoms with van der Waals surface area (Å²) in [7, 11) is 0. The molecule has 40 heavy (non-hydrogen) atoms. The van der Waals surface area contributed by atoms with Crippen LogP contribution in [0, 0.1) is 0 Å². The zero-order chi connectivity index (χ0) is 29.5. The van der Waals surface area contributed by atoms with Gasteiger partial charge in [-0.25, -0.2) is 19.2 Å². The first-order valence-electron chi connectivity index (χ1n) is 12.9. The number of carbonyl (C=O) groups excluding carboxylic acids is 2. The molecule has 3 rings (SSSR count). The van der Waals surface area contributed by atoms with Crippen LogP contribution in [0.3, 0.4) is 0 Å². The molecule has 12 nitrogen and oxygen atoms in total. The van der Waals surface area contributed by atoms with Crippen molar-refractivity contribution >= 4 is 35.4 Å². The Morgan fingerprint density at radius 3 is 1.20 bits per heavy atom. The molecule has 0 saturated heterocycles. The second-order valence-corrected chi connectivity index (χ2v) is 10.6. The first-order valence-corrected chi connectivity index (χ1v) is 12.9. The fourth-order valence-electron chi connectivity index (χ4n) is 3.98. The molecule has 0 aromatic heterocycles. The van der Waals surface area contributed by atoms with Crippen LogP contribution in [-0.2, 0) is 9.59 Å². The molecule has 0 atom stereocenters. The van der Waals surface area contributed by atoms with Crippen LogP contribution in [0.25, 0.3) is 0 Å². The van der Waals surface area contributed by atoms with Crippen LogP contribution in [0.2, 0.25) is 0 Å². The van der Waals surface area contributed by atoms with E-state index in [-0.39, 0.29) is 24.1 Å². The number of hydrogen-bond acceptors (Lipinski definition) is 6. The van der Waals surface area contributed by atoms with Crippen molar-refractivity contribution in [1.29, 1.82) is 0 Å². The third kappa shape index (κ3) is 8.79. The van der Waals surface area contributed by atoms with E-state index in [4.69, 9.17) is 19.7 Å². The summed E-state index contributed by atoms with van der Waals surface area (Å²) in [5.74, 6) is -1.42. The topological polar surface area (TPSA) is 175 Å². The standard InChI is InChI=1S/C28H36N4O8/c1-27(2,23(33)34)39-21-13-9-19(10-14-21)31-25(37)29-17-5-7-18(8-6-17)30-26(38)32-20-11-15-22(16-12-20)40-28(3,4)24(35)36/h9-18H,5-8H2,1-4H3,(H,33,34)(H,35,36)(H2,29,31,37)(H2,30,32,38). The lowest BCUT2D eigenvalue weighted by Gasteiger charge is -2.29. The van der Waals surface area contributed by atoms with Crippen molar-refractivity contribution in [2.24, 2.45) is 0 Å². The Morgan fingerprint density at radius 2 is 0.925 bits per heavy atom. The van der Waals surface area contributed by atoms with Crippen LogP contribution < -0.4 is 30.7 Å². The quantitative estimate of drug-likeness (QED) is 0.249. The molecule has 6 N–H and O–H groups in total. The van der Waals surface area contributed by atoms with E-state index in [0.717, 1.165) is 0 Å². The zero-order valence-corrected chi connectivity index (χ0v) is 22.9. The van der Waals surface area contributed by atoms with E-state index in [9.17, 15) is 19.2 Å². The van der Waals surface area contributed by atoms with Crippen molar-refractivity contribution in [2.75, 3.05) is 10.6 Å². The maximum atomic E-state index is 12.4. The number of amides is 4. The van der Waals surface area contributed by atoms with Crippen LogP contribution >= 0.6 is 0 Å². The molecule has 0 aliphatic heterocycles. The van der Waals surface area contributed by atoms with E-state index in [1.165, 1.54) is 27.7 Å². The molecule has 2 aromatic carbocycles. The maximum Gasteiger partial charge on any atom is 0.347 e. The Morgan fingerprint density at radius 1 is 0.625 bits per heavy atom. The van der Waals surface area contributed by atoms with Gasteiger partial charge >= 0.3 is 24.0 Å². The molecule has 0 heterocycles. The summed E-state index contributed by atoms with van der Waals surface area (Å²) in [6, 6.07) is 12.1. The Hall–Kier alpha value is -4.48. The van der Waals surface area contributed by atoms with E-state index in [1.54, 1.807) is 48.5 Å². The van der Waals surface area contributed by atoms with Crippen molar-refractivity contribution in [1.82, 2.24) is 10.6 Å². The monoisotopic (exact) mass is 556 g/mol. The lowest BCUT2D eigenvalue weighted by molar-refractivity contribution is -0.152. The minimum Gasteiger partial charge on any atom is -0.478 e. The first kappa shape index (κ1) is 30.1. The van der Waals surface area contributed by atoms with Gasteiger partial charge in [-0.1, -0.05) is 0 Å². The number of hydrogen-bond donors (Lipinski definition) is 6. The second-order valence-electron chi connectivity index (χ2n) is 10.6. The van der Waals surface area contributed by atoms with Crippen LogP contribution in [0.15, 0.2) is 48.5 Å². The fraction of sp³-hybridized carbons (Fsp3) is 0.429. The number of nitrogens with one attached hydrogen (secondary N) is 4. The minimum absolute atomic E-state index is 0.0392. The summed E-state index contributed by atoms with van der Waals surface area (Å²) >= 11 is 0. The third-order valence-electron chi connectivity index (χ3n) is 6.40. The fourth-order valence-corrected chi connectivity index (χ4v) is 3.98. The highest BCUT2D eigenvalue weighted by molar-refractivity contribution is 5.90. The van der Waals surface area contributed by atoms with E-state index in [2.05, 4.69) is 21.3 Å². The highest BCUT2D eigenvalue weighted by Gasteiger charge is 2.30. The zero-order valence-electron chi connectivity index (χ0n) is 22.9. The van der Waals surface area contributed by atoms with E-state index < -0.39 is 23.1 Å². The SMILES string of the molecule is CC(C)(Oc1ccc(NC(=O)NC2CCC(NC(=O)Nc3ccc(OC(C)(C)C(=O)O)cc3)CC2)cc1)C(=O)O. The van der Waals surface area contributed by atoms with Crippen LogP contribution in [-0.4, -0.2) is 57.5 Å². The number of carboxylic acid groups (broad SMARTS) is 2. The van der Waals surface area contributed by atoms with Gasteiger partial charge in [0.25, 0.3) is 0 Å². The molecule has 1 aliphatic carbocycles. The van der Waals surface area contributed by atoms with E-state index >= 15 is 0 Å². The van der Waals surface area contributed by atoms with Gasteiger partial charge in [-0.15, -0.1) is 0 Å². The molecule has 1 saturated carbocycles. The second kappa shape index (κ2) is 12.6. The van der Waals surface area contributed by atoms with Gasteiger partial charge in [-0.2, -0.15) is 0 Å². The molecule has 0 bridgehead atoms. The molecule has 216 valence electrons. The predicted octanol–water partition coefficient (Wildman–Crippen LogP) is 4.43. The molecule has 0 radical (unpaired) electrons. The van der Waals surface area contributed by atoms with Crippen molar-refractivity contribution in [3.63, 3.8) is 0 Å². The smallest absolute Gasteiger partial charge is 0.347 e. The summed E-state index contributed by atoms with van der Waals surface area (Å²) in [6.07, 6.45) is 2.78. The lowest BCUT2D eigenvalue weighted by atomic mass is 9.91. The molecular weight excluding hydrogens is 520 g/mol. The number of ether oxygens (including phenoxy) is 2. The molecule has 4 amide bonds. The highest BCUT2D eigenvalue weighted by Crippen LogP contribution is 2.23. The molecular formula is C28H36N4O8. The van der Waals surface area contributed by atoms with Gasteiger partial charge in [-0.3, -0.25) is 0 Å². The summed E-state index contributed by atoms with van der Waals surface area (Å²) in [4.78, 5) is 47.3. The Kier molecular flexibility index (Phi) is 9.46. The number of benzene rings is 2. The van der Waals surface area contributed by atoms with Crippen LogP contribution in [0.5, 0.6) is 11.5 Å². The van der Waals surface area contributed by atoms with Gasteiger partial charge in [0.05, 0.1) is 0 Å². The average molecular weight is 557 g/mol. The van der Waals surface area contributed by atoms with Gasteiger partial charge in [0.15, 0.2) is 11.2 Å². The maximum absolute atomic E-state index is 12.4. The number of carboxylic acids is 2. The van der Waals surface area contributed by atoms with Gasteiger partial charge in [0.2, 0.25) is 0 Å². The third-order valence-corrected chi connectivity index (χ3v) is 6.40. The van der Waals surface area contributed by atoms with Crippen molar-refractivity contribution < 1.29 is 38.9 Å². The van der Waals surface area contributed by atoms with Gasteiger partial charge < -0.3 is 41.0 Å². The number of carbonyl (C=O) groups is 4. The Labute approximate surface area is 232 Å². The van der Waals surface area contributed by atoms with Crippen molar-refractivity contribution in [2.45, 2.75) is 76.7 Å². The molecule has 2 aromatic rings. The molecule has 0 unspecified atom stereocenters. The number of anilines is 2. The average Bonchev–Trinajstić information content (AvgIpc) is 2.87. The normalized spacial score (nSPS) is 17.2.